The zero-order chi connectivity index (χ0) is 17.4. The van der Waals surface area contributed by atoms with Crippen LogP contribution >= 0.6 is 0 Å². The fourth-order valence-electron chi connectivity index (χ4n) is 3.89. The van der Waals surface area contributed by atoms with Crippen molar-refractivity contribution >= 4 is 8.32 Å². The SMILES string of the molecule is CC[Si](CC)(CCC(CN(C)C)(CN(C)C)CN(C)C)OC. The standard InChI is InChI=1S/C17H41N3OSi/c1-10-22(11-2,21-9)13-12-17(14-18(3)4,15-19(5)6)16-20(7)8/h10-16H2,1-9H3. The van der Waals surface area contributed by atoms with E-state index < -0.39 is 8.32 Å². The van der Waals surface area contributed by atoms with E-state index in [0.29, 0.717) is 5.41 Å². The van der Waals surface area contributed by atoms with E-state index >= 15 is 0 Å². The van der Waals surface area contributed by atoms with Crippen LogP contribution in [0.2, 0.25) is 18.1 Å². The Morgan fingerprint density at radius 2 is 1.14 bits per heavy atom. The quantitative estimate of drug-likeness (QED) is 0.512. The van der Waals surface area contributed by atoms with Gasteiger partial charge in [0.2, 0.25) is 0 Å². The third-order valence-electron chi connectivity index (χ3n) is 4.79. The molecule has 0 bridgehead atoms. The lowest BCUT2D eigenvalue weighted by molar-refractivity contribution is 0.0993. The van der Waals surface area contributed by atoms with Crippen LogP contribution in [-0.4, -0.2) is 92.0 Å². The van der Waals surface area contributed by atoms with E-state index in [2.05, 4.69) is 70.8 Å². The molecule has 0 aliphatic rings. The van der Waals surface area contributed by atoms with Gasteiger partial charge in [0.25, 0.3) is 0 Å². The van der Waals surface area contributed by atoms with Gasteiger partial charge in [-0.2, -0.15) is 0 Å². The van der Waals surface area contributed by atoms with E-state index in [4.69, 9.17) is 4.43 Å². The maximum Gasteiger partial charge on any atom is 0.191 e. The molecule has 4 nitrogen and oxygen atoms in total. The van der Waals surface area contributed by atoms with Gasteiger partial charge in [-0.25, -0.2) is 0 Å². The van der Waals surface area contributed by atoms with Crippen LogP contribution in [0, 0.1) is 5.41 Å². The van der Waals surface area contributed by atoms with Crippen LogP contribution in [0.5, 0.6) is 0 Å². The first-order chi connectivity index (χ1) is 10.1. The molecule has 0 aromatic rings. The third-order valence-corrected chi connectivity index (χ3v) is 9.39. The van der Waals surface area contributed by atoms with Crippen LogP contribution in [-0.2, 0) is 4.43 Å². The molecule has 0 amide bonds. The van der Waals surface area contributed by atoms with Gasteiger partial charge in [-0.15, -0.1) is 0 Å². The minimum atomic E-state index is -1.54. The summed E-state index contributed by atoms with van der Waals surface area (Å²) < 4.78 is 6.04. The highest BCUT2D eigenvalue weighted by Crippen LogP contribution is 2.33. The Bertz CT molecular complexity index is 257. The highest BCUT2D eigenvalue weighted by molar-refractivity contribution is 6.73. The van der Waals surface area contributed by atoms with E-state index in [9.17, 15) is 0 Å². The molecule has 0 saturated carbocycles. The maximum absolute atomic E-state index is 6.04. The van der Waals surface area contributed by atoms with Gasteiger partial charge in [0.15, 0.2) is 8.32 Å². The minimum Gasteiger partial charge on any atom is -0.420 e. The maximum atomic E-state index is 6.04. The normalized spacial score (nSPS) is 13.6. The van der Waals surface area contributed by atoms with Gasteiger partial charge in [-0.05, 0) is 66.8 Å². The summed E-state index contributed by atoms with van der Waals surface area (Å²) in [7, 11) is 13.6. The number of rotatable bonds is 12. The van der Waals surface area contributed by atoms with Crippen LogP contribution in [0.1, 0.15) is 20.3 Å². The second-order valence-corrected chi connectivity index (χ2v) is 12.5. The van der Waals surface area contributed by atoms with Crippen molar-refractivity contribution in [2.75, 3.05) is 69.0 Å². The number of hydrogen-bond acceptors (Lipinski definition) is 4. The molecule has 0 aromatic carbocycles. The molecule has 0 fully saturated rings. The number of hydrogen-bond donors (Lipinski definition) is 0. The molecule has 5 heteroatoms. The van der Waals surface area contributed by atoms with Crippen molar-refractivity contribution in [1.29, 1.82) is 0 Å². The molecule has 0 N–H and O–H groups in total. The van der Waals surface area contributed by atoms with Gasteiger partial charge in [0, 0.05) is 32.2 Å². The smallest absolute Gasteiger partial charge is 0.191 e. The molecule has 0 unspecified atom stereocenters. The first-order valence-electron chi connectivity index (χ1n) is 8.63. The van der Waals surface area contributed by atoms with Crippen molar-refractivity contribution in [2.45, 2.75) is 38.4 Å². The first-order valence-corrected chi connectivity index (χ1v) is 11.2. The van der Waals surface area contributed by atoms with Crippen molar-refractivity contribution in [3.8, 4) is 0 Å². The average molecular weight is 332 g/mol. The molecule has 0 saturated heterocycles. The highest BCUT2D eigenvalue weighted by atomic mass is 28.4. The van der Waals surface area contributed by atoms with E-state index in [1.165, 1.54) is 24.6 Å². The zero-order valence-corrected chi connectivity index (χ0v) is 17.7. The van der Waals surface area contributed by atoms with Crippen LogP contribution in [0.4, 0.5) is 0 Å². The number of nitrogens with zero attached hydrogens (tertiary/aromatic N) is 3. The van der Waals surface area contributed by atoms with Crippen molar-refractivity contribution in [3.63, 3.8) is 0 Å². The summed E-state index contributed by atoms with van der Waals surface area (Å²) in [6.07, 6.45) is 1.25. The largest absolute Gasteiger partial charge is 0.420 e. The van der Waals surface area contributed by atoms with Gasteiger partial charge in [-0.1, -0.05) is 13.8 Å². The van der Waals surface area contributed by atoms with Crippen molar-refractivity contribution < 1.29 is 4.43 Å². The summed E-state index contributed by atoms with van der Waals surface area (Å²) in [4.78, 5) is 7.04. The second kappa shape index (κ2) is 10.0. The summed E-state index contributed by atoms with van der Waals surface area (Å²) in [6.45, 7) is 8.01. The highest BCUT2D eigenvalue weighted by Gasteiger charge is 2.37. The molecular weight excluding hydrogens is 290 g/mol. The topological polar surface area (TPSA) is 19.0 Å². The zero-order valence-electron chi connectivity index (χ0n) is 16.7. The van der Waals surface area contributed by atoms with Crippen molar-refractivity contribution in [2.24, 2.45) is 5.41 Å². The minimum absolute atomic E-state index is 0.303. The van der Waals surface area contributed by atoms with E-state index in [1.54, 1.807) is 0 Å². The molecule has 0 radical (unpaired) electrons. The van der Waals surface area contributed by atoms with Gasteiger partial charge >= 0.3 is 0 Å². The predicted molar refractivity (Wildman–Crippen MR) is 101 cm³/mol. The molecule has 0 atom stereocenters. The lowest BCUT2D eigenvalue weighted by atomic mass is 9.83. The Hall–Kier alpha value is 0.0569. The van der Waals surface area contributed by atoms with Gasteiger partial charge in [-0.3, -0.25) is 0 Å². The lowest BCUT2D eigenvalue weighted by Crippen LogP contribution is -2.49. The van der Waals surface area contributed by atoms with Crippen LogP contribution in [0.25, 0.3) is 0 Å². The van der Waals surface area contributed by atoms with E-state index in [1.807, 2.05) is 7.11 Å². The molecule has 0 aliphatic carbocycles. The molecule has 0 heterocycles. The Balaban J connectivity index is 5.25. The molecule has 0 rings (SSSR count). The molecule has 22 heavy (non-hydrogen) atoms. The Kier molecular flexibility index (Phi) is 10.1. The van der Waals surface area contributed by atoms with E-state index in [-0.39, 0.29) is 0 Å². The Morgan fingerprint density at radius 3 is 1.36 bits per heavy atom. The summed E-state index contributed by atoms with van der Waals surface area (Å²) in [5, 5.41) is 0. The summed E-state index contributed by atoms with van der Waals surface area (Å²) >= 11 is 0. The Morgan fingerprint density at radius 1 is 0.773 bits per heavy atom. The summed E-state index contributed by atoms with van der Waals surface area (Å²) in [6, 6.07) is 3.72. The van der Waals surface area contributed by atoms with Crippen LogP contribution in [0.3, 0.4) is 0 Å². The summed E-state index contributed by atoms with van der Waals surface area (Å²) in [5.41, 5.74) is 0.303. The lowest BCUT2D eigenvalue weighted by Gasteiger charge is -2.42. The average Bonchev–Trinajstić information content (AvgIpc) is 2.38. The monoisotopic (exact) mass is 331 g/mol. The van der Waals surface area contributed by atoms with Crippen molar-refractivity contribution in [3.05, 3.63) is 0 Å². The first kappa shape index (κ1) is 22.1. The van der Waals surface area contributed by atoms with Crippen molar-refractivity contribution in [1.82, 2.24) is 14.7 Å². The Labute approximate surface area is 140 Å². The van der Waals surface area contributed by atoms with Crippen LogP contribution < -0.4 is 0 Å². The summed E-state index contributed by atoms with van der Waals surface area (Å²) in [5.74, 6) is 0. The fourth-order valence-corrected chi connectivity index (χ4v) is 6.86. The molecular formula is C17H41N3OSi. The van der Waals surface area contributed by atoms with Gasteiger partial charge in [0.1, 0.15) is 0 Å². The van der Waals surface area contributed by atoms with E-state index in [0.717, 1.165) is 19.6 Å². The fraction of sp³-hybridized carbons (Fsp3) is 1.00. The molecule has 0 spiro atoms. The van der Waals surface area contributed by atoms with Crippen LogP contribution in [0.15, 0.2) is 0 Å². The van der Waals surface area contributed by atoms with Gasteiger partial charge < -0.3 is 19.1 Å². The van der Waals surface area contributed by atoms with Gasteiger partial charge in [0.05, 0.1) is 0 Å². The second-order valence-electron chi connectivity index (χ2n) is 7.81. The predicted octanol–water partition coefficient (Wildman–Crippen LogP) is 2.68. The molecule has 0 aliphatic heterocycles. The molecule has 0 aromatic heterocycles. The molecule has 134 valence electrons. The third kappa shape index (κ3) is 7.55.